The third kappa shape index (κ3) is 6.97. The predicted octanol–water partition coefficient (Wildman–Crippen LogP) is 5.98. The lowest BCUT2D eigenvalue weighted by Crippen LogP contribution is -2.45. The van der Waals surface area contributed by atoms with Crippen molar-refractivity contribution in [3.05, 3.63) is 63.4 Å². The number of likely N-dealkylation sites (tertiary alicyclic amines) is 1. The van der Waals surface area contributed by atoms with E-state index in [-0.39, 0.29) is 23.6 Å². The van der Waals surface area contributed by atoms with Crippen LogP contribution in [0.2, 0.25) is 10.0 Å². The first-order valence-electron chi connectivity index (χ1n) is 12.9. The minimum absolute atomic E-state index is 0.0218. The lowest BCUT2D eigenvalue weighted by Gasteiger charge is -2.37. The van der Waals surface area contributed by atoms with Crippen molar-refractivity contribution in [1.82, 2.24) is 10.2 Å². The van der Waals surface area contributed by atoms with E-state index in [1.54, 1.807) is 11.0 Å². The number of nitrogens with one attached hydrogen (secondary N) is 1. The highest BCUT2D eigenvalue weighted by Gasteiger charge is 2.34. The van der Waals surface area contributed by atoms with Gasteiger partial charge in [-0.15, -0.1) is 0 Å². The summed E-state index contributed by atoms with van der Waals surface area (Å²) >= 11 is 13.4. The summed E-state index contributed by atoms with van der Waals surface area (Å²) in [5, 5.41) is 4.53. The van der Waals surface area contributed by atoms with Crippen molar-refractivity contribution in [1.29, 1.82) is 0 Å². The van der Waals surface area contributed by atoms with E-state index in [1.165, 1.54) is 32.0 Å². The highest BCUT2D eigenvalue weighted by Crippen LogP contribution is 2.39. The minimum atomic E-state index is -0.199. The largest absolute Gasteiger partial charge is 0.315 e. The van der Waals surface area contributed by atoms with Gasteiger partial charge < -0.3 is 15.1 Å². The van der Waals surface area contributed by atoms with Gasteiger partial charge in [-0.05, 0) is 93.4 Å². The maximum Gasteiger partial charge on any atom is 0.229 e. The molecule has 2 aliphatic rings. The van der Waals surface area contributed by atoms with Crippen molar-refractivity contribution < 1.29 is 9.18 Å². The molecule has 2 heterocycles. The zero-order chi connectivity index (χ0) is 24.8. The van der Waals surface area contributed by atoms with Gasteiger partial charge in [-0.1, -0.05) is 48.3 Å². The second-order valence-electron chi connectivity index (χ2n) is 10.1. The number of piperidine rings is 1. The van der Waals surface area contributed by atoms with Crippen LogP contribution in [0.15, 0.2) is 36.4 Å². The number of halogens is 3. The summed E-state index contributed by atoms with van der Waals surface area (Å²) < 4.78 is 14.2. The second-order valence-corrected chi connectivity index (χ2v) is 10.9. The molecule has 2 atom stereocenters. The monoisotopic (exact) mass is 519 g/mol. The molecule has 35 heavy (non-hydrogen) atoms. The molecule has 2 fully saturated rings. The van der Waals surface area contributed by atoms with Gasteiger partial charge in [0.25, 0.3) is 0 Å². The molecule has 0 aliphatic carbocycles. The fourth-order valence-corrected chi connectivity index (χ4v) is 6.16. The van der Waals surface area contributed by atoms with Crippen molar-refractivity contribution in [3.8, 4) is 0 Å². The van der Waals surface area contributed by atoms with Crippen LogP contribution in [0.1, 0.15) is 43.7 Å². The first-order valence-corrected chi connectivity index (χ1v) is 13.6. The molecule has 2 aromatic rings. The van der Waals surface area contributed by atoms with Crippen molar-refractivity contribution in [2.45, 2.75) is 45.4 Å². The molecule has 1 amide bonds. The van der Waals surface area contributed by atoms with Gasteiger partial charge in [0.15, 0.2) is 0 Å². The molecule has 0 aromatic heterocycles. The van der Waals surface area contributed by atoms with E-state index >= 15 is 0 Å². The van der Waals surface area contributed by atoms with E-state index in [1.807, 2.05) is 31.2 Å². The normalized spacial score (nSPS) is 21.1. The fourth-order valence-electron chi connectivity index (χ4n) is 5.42. The molecule has 7 heteroatoms. The number of amides is 1. The molecule has 4 rings (SSSR count). The van der Waals surface area contributed by atoms with Crippen LogP contribution < -0.4 is 10.2 Å². The summed E-state index contributed by atoms with van der Waals surface area (Å²) in [6.07, 6.45) is 5.82. The third-order valence-corrected chi connectivity index (χ3v) is 7.83. The van der Waals surface area contributed by atoms with Crippen molar-refractivity contribution in [3.63, 3.8) is 0 Å². The molecule has 2 aliphatic heterocycles. The maximum absolute atomic E-state index is 14.2. The van der Waals surface area contributed by atoms with E-state index in [9.17, 15) is 9.18 Å². The van der Waals surface area contributed by atoms with E-state index in [4.69, 9.17) is 23.2 Å². The van der Waals surface area contributed by atoms with Crippen LogP contribution in [0.5, 0.6) is 0 Å². The molecular weight excluding hydrogens is 484 g/mol. The summed E-state index contributed by atoms with van der Waals surface area (Å²) in [5.74, 6) is -0.208. The highest BCUT2D eigenvalue weighted by atomic mass is 35.5. The number of rotatable bonds is 10. The third-order valence-electron chi connectivity index (χ3n) is 7.25. The number of aryl methyl sites for hydroxylation is 1. The summed E-state index contributed by atoms with van der Waals surface area (Å²) in [6.45, 7) is 7.95. The van der Waals surface area contributed by atoms with Gasteiger partial charge in [-0.3, -0.25) is 4.79 Å². The Balaban J connectivity index is 1.35. The van der Waals surface area contributed by atoms with Gasteiger partial charge in [0.1, 0.15) is 5.82 Å². The standard InChI is InChI=1S/C28H36Cl2FN3O/c1-20-15-22(16-23-8-2-3-9-26(23)31)19-34(28(20)35)27-24(29)17-21(18-25(27)30)7-6-10-32-11-14-33-12-4-5-13-33/h2-3,8-9,17-18,20,22,32H,4-7,10-16,19H2,1H3/t20-,22-/m1/s1. The van der Waals surface area contributed by atoms with E-state index in [0.717, 1.165) is 44.5 Å². The molecule has 2 saturated heterocycles. The van der Waals surface area contributed by atoms with E-state index in [0.29, 0.717) is 34.3 Å². The molecule has 190 valence electrons. The molecule has 1 N–H and O–H groups in total. The Morgan fingerprint density at radius 2 is 1.80 bits per heavy atom. The van der Waals surface area contributed by atoms with Crippen LogP contribution in [-0.4, -0.2) is 50.1 Å². The smallest absolute Gasteiger partial charge is 0.229 e. The Kier molecular flexibility index (Phi) is 9.46. The van der Waals surface area contributed by atoms with Crippen molar-refractivity contribution in [2.24, 2.45) is 11.8 Å². The lowest BCUT2D eigenvalue weighted by molar-refractivity contribution is -0.124. The molecule has 0 unspecified atom stereocenters. The molecule has 0 radical (unpaired) electrons. The first kappa shape index (κ1) is 26.4. The number of anilines is 1. The fraction of sp³-hybridized carbons (Fsp3) is 0.536. The lowest BCUT2D eigenvalue weighted by atomic mass is 9.85. The second kappa shape index (κ2) is 12.5. The Bertz CT molecular complexity index is 988. The number of benzene rings is 2. The average Bonchev–Trinajstić information content (AvgIpc) is 3.34. The summed E-state index contributed by atoms with van der Waals surface area (Å²) in [6, 6.07) is 10.7. The number of carbonyl (C=O) groups is 1. The molecule has 0 bridgehead atoms. The van der Waals surface area contributed by atoms with Gasteiger partial charge >= 0.3 is 0 Å². The average molecular weight is 521 g/mol. The number of hydrogen-bond donors (Lipinski definition) is 1. The van der Waals surface area contributed by atoms with Crippen LogP contribution >= 0.6 is 23.2 Å². The molecule has 0 spiro atoms. The predicted molar refractivity (Wildman–Crippen MR) is 143 cm³/mol. The van der Waals surface area contributed by atoms with E-state index < -0.39 is 0 Å². The Hall–Kier alpha value is -1.66. The van der Waals surface area contributed by atoms with Crippen LogP contribution in [-0.2, 0) is 17.6 Å². The maximum atomic E-state index is 14.2. The number of hydrogen-bond acceptors (Lipinski definition) is 3. The SMILES string of the molecule is C[C@@H]1C[C@H](Cc2ccccc2F)CN(c2c(Cl)cc(CCCNCCN3CCCC3)cc2Cl)C1=O. The van der Waals surface area contributed by atoms with Crippen LogP contribution in [0.4, 0.5) is 10.1 Å². The summed E-state index contributed by atoms with van der Waals surface area (Å²) in [5.41, 5.74) is 2.34. The van der Waals surface area contributed by atoms with Gasteiger partial charge in [-0.2, -0.15) is 0 Å². The Morgan fingerprint density at radius 3 is 2.51 bits per heavy atom. The topological polar surface area (TPSA) is 35.6 Å². The first-order chi connectivity index (χ1) is 16.9. The summed E-state index contributed by atoms with van der Waals surface area (Å²) in [4.78, 5) is 17.3. The quantitative estimate of drug-likeness (QED) is 0.392. The van der Waals surface area contributed by atoms with Crippen molar-refractivity contribution in [2.75, 3.05) is 44.2 Å². The molecular formula is C28H36Cl2FN3O. The molecule has 4 nitrogen and oxygen atoms in total. The molecule has 2 aromatic carbocycles. The van der Waals surface area contributed by atoms with Gasteiger partial charge in [-0.25, -0.2) is 4.39 Å². The van der Waals surface area contributed by atoms with Gasteiger partial charge in [0.2, 0.25) is 5.91 Å². The van der Waals surface area contributed by atoms with Crippen LogP contribution in [0, 0.1) is 17.7 Å². The number of carbonyl (C=O) groups excluding carboxylic acids is 1. The Labute approximate surface area is 218 Å². The molecule has 0 saturated carbocycles. The zero-order valence-electron chi connectivity index (χ0n) is 20.5. The van der Waals surface area contributed by atoms with Crippen LogP contribution in [0.25, 0.3) is 0 Å². The number of nitrogens with zero attached hydrogens (tertiary/aromatic N) is 2. The minimum Gasteiger partial charge on any atom is -0.315 e. The Morgan fingerprint density at radius 1 is 1.09 bits per heavy atom. The highest BCUT2D eigenvalue weighted by molar-refractivity contribution is 6.40. The van der Waals surface area contributed by atoms with Gasteiger partial charge in [0, 0.05) is 25.6 Å². The van der Waals surface area contributed by atoms with E-state index in [2.05, 4.69) is 10.2 Å². The zero-order valence-corrected chi connectivity index (χ0v) is 22.1. The van der Waals surface area contributed by atoms with Crippen molar-refractivity contribution >= 4 is 34.8 Å². The summed E-state index contributed by atoms with van der Waals surface area (Å²) in [7, 11) is 0. The van der Waals surface area contributed by atoms with Gasteiger partial charge in [0.05, 0.1) is 15.7 Å². The van der Waals surface area contributed by atoms with Crippen LogP contribution in [0.3, 0.4) is 0 Å².